The van der Waals surface area contributed by atoms with E-state index >= 15 is 0 Å². The van der Waals surface area contributed by atoms with Crippen LogP contribution in [0.3, 0.4) is 0 Å². The molecule has 1 saturated carbocycles. The second-order valence-electron chi connectivity index (χ2n) is 5.66. The summed E-state index contributed by atoms with van der Waals surface area (Å²) in [5.74, 6) is 1.17. The number of rotatable bonds is 5. The lowest BCUT2D eigenvalue weighted by Gasteiger charge is -2.31. The van der Waals surface area contributed by atoms with E-state index in [1.165, 1.54) is 12.8 Å². The SMILES string of the molecule is CC1CCN(CC(O)CNC(=O)C2CC2)CC1. The highest BCUT2D eigenvalue weighted by Crippen LogP contribution is 2.28. The van der Waals surface area contributed by atoms with Crippen molar-refractivity contribution >= 4 is 5.91 Å². The second kappa shape index (κ2) is 5.83. The highest BCUT2D eigenvalue weighted by atomic mass is 16.3. The zero-order valence-corrected chi connectivity index (χ0v) is 10.7. The Balaban J connectivity index is 1.59. The minimum Gasteiger partial charge on any atom is -0.390 e. The third-order valence-corrected chi connectivity index (χ3v) is 3.81. The van der Waals surface area contributed by atoms with E-state index in [2.05, 4.69) is 17.1 Å². The van der Waals surface area contributed by atoms with Gasteiger partial charge in [-0.05, 0) is 44.7 Å². The average Bonchev–Trinajstić information content (AvgIpc) is 3.13. The van der Waals surface area contributed by atoms with Gasteiger partial charge in [-0.2, -0.15) is 0 Å². The number of nitrogens with one attached hydrogen (secondary N) is 1. The molecule has 98 valence electrons. The van der Waals surface area contributed by atoms with Crippen LogP contribution in [-0.2, 0) is 4.79 Å². The number of β-amino-alcohol motifs (C(OH)–C–C–N with tert-alkyl or cyclic N) is 1. The summed E-state index contributed by atoms with van der Waals surface area (Å²) >= 11 is 0. The van der Waals surface area contributed by atoms with Crippen LogP contribution in [0.15, 0.2) is 0 Å². The Bertz CT molecular complexity index is 258. The molecule has 2 fully saturated rings. The quantitative estimate of drug-likeness (QED) is 0.740. The monoisotopic (exact) mass is 240 g/mol. The summed E-state index contributed by atoms with van der Waals surface area (Å²) in [5, 5.41) is 12.7. The Hall–Kier alpha value is -0.610. The van der Waals surface area contributed by atoms with Crippen LogP contribution in [0.2, 0.25) is 0 Å². The van der Waals surface area contributed by atoms with Crippen LogP contribution < -0.4 is 5.32 Å². The topological polar surface area (TPSA) is 52.6 Å². The smallest absolute Gasteiger partial charge is 0.223 e. The van der Waals surface area contributed by atoms with E-state index in [1.54, 1.807) is 0 Å². The summed E-state index contributed by atoms with van der Waals surface area (Å²) in [6, 6.07) is 0. The number of hydrogen-bond donors (Lipinski definition) is 2. The molecule has 1 aliphatic heterocycles. The van der Waals surface area contributed by atoms with Crippen molar-refractivity contribution in [3.63, 3.8) is 0 Å². The lowest BCUT2D eigenvalue weighted by Crippen LogP contribution is -2.43. The Kier molecular flexibility index (Phi) is 4.40. The lowest BCUT2D eigenvalue weighted by atomic mass is 9.99. The van der Waals surface area contributed by atoms with Crippen molar-refractivity contribution in [3.05, 3.63) is 0 Å². The largest absolute Gasteiger partial charge is 0.390 e. The molecule has 1 amide bonds. The maximum atomic E-state index is 11.4. The third-order valence-electron chi connectivity index (χ3n) is 3.81. The van der Waals surface area contributed by atoms with Gasteiger partial charge in [-0.3, -0.25) is 4.79 Å². The van der Waals surface area contributed by atoms with Gasteiger partial charge in [-0.1, -0.05) is 6.92 Å². The van der Waals surface area contributed by atoms with Crippen LogP contribution >= 0.6 is 0 Å². The van der Waals surface area contributed by atoms with Gasteiger partial charge in [-0.15, -0.1) is 0 Å². The summed E-state index contributed by atoms with van der Waals surface area (Å²) in [7, 11) is 0. The van der Waals surface area contributed by atoms with Crippen molar-refractivity contribution in [1.29, 1.82) is 0 Å². The molecule has 1 heterocycles. The van der Waals surface area contributed by atoms with Crippen molar-refractivity contribution in [2.24, 2.45) is 11.8 Å². The average molecular weight is 240 g/mol. The second-order valence-corrected chi connectivity index (χ2v) is 5.66. The molecular weight excluding hydrogens is 216 g/mol. The van der Waals surface area contributed by atoms with Crippen LogP contribution in [-0.4, -0.2) is 48.2 Å². The van der Waals surface area contributed by atoms with Gasteiger partial charge in [0, 0.05) is 19.0 Å². The Morgan fingerprint density at radius 3 is 2.59 bits per heavy atom. The summed E-state index contributed by atoms with van der Waals surface area (Å²) < 4.78 is 0. The lowest BCUT2D eigenvalue weighted by molar-refractivity contribution is -0.122. The van der Waals surface area contributed by atoms with Crippen LogP contribution in [0.1, 0.15) is 32.6 Å². The normalized spacial score (nSPS) is 24.6. The number of aliphatic hydroxyl groups excluding tert-OH is 1. The molecular formula is C13H24N2O2. The van der Waals surface area contributed by atoms with Crippen molar-refractivity contribution < 1.29 is 9.90 Å². The molecule has 0 aromatic rings. The number of piperidine rings is 1. The molecule has 1 aliphatic carbocycles. The van der Waals surface area contributed by atoms with Gasteiger partial charge in [0.15, 0.2) is 0 Å². The van der Waals surface area contributed by atoms with E-state index in [-0.39, 0.29) is 11.8 Å². The van der Waals surface area contributed by atoms with Crippen LogP contribution in [0, 0.1) is 11.8 Å². The Labute approximate surface area is 103 Å². The molecule has 1 atom stereocenters. The minimum atomic E-state index is -0.425. The summed E-state index contributed by atoms with van der Waals surface area (Å²) in [6.07, 6.45) is 4.06. The van der Waals surface area contributed by atoms with Crippen LogP contribution in [0.5, 0.6) is 0 Å². The van der Waals surface area contributed by atoms with Gasteiger partial charge in [0.25, 0.3) is 0 Å². The number of nitrogens with zero attached hydrogens (tertiary/aromatic N) is 1. The van der Waals surface area contributed by atoms with Crippen molar-refractivity contribution in [2.45, 2.75) is 38.7 Å². The van der Waals surface area contributed by atoms with Gasteiger partial charge in [-0.25, -0.2) is 0 Å². The molecule has 2 rings (SSSR count). The molecule has 2 aliphatic rings. The summed E-state index contributed by atoms with van der Waals surface area (Å²) in [4.78, 5) is 13.7. The summed E-state index contributed by atoms with van der Waals surface area (Å²) in [5.41, 5.74) is 0. The number of carbonyl (C=O) groups excluding carboxylic acids is 1. The van der Waals surface area contributed by atoms with Crippen molar-refractivity contribution in [1.82, 2.24) is 10.2 Å². The fourth-order valence-corrected chi connectivity index (χ4v) is 2.32. The fraction of sp³-hybridized carbons (Fsp3) is 0.923. The van der Waals surface area contributed by atoms with E-state index in [0.29, 0.717) is 13.1 Å². The standard InChI is InChI=1S/C13H24N2O2/c1-10-4-6-15(7-5-10)9-12(16)8-14-13(17)11-2-3-11/h10-12,16H,2-9H2,1H3,(H,14,17). The molecule has 1 unspecified atom stereocenters. The first-order valence-electron chi connectivity index (χ1n) is 6.83. The van der Waals surface area contributed by atoms with Crippen molar-refractivity contribution in [3.8, 4) is 0 Å². The Morgan fingerprint density at radius 1 is 1.35 bits per heavy atom. The van der Waals surface area contributed by atoms with Crippen LogP contribution in [0.25, 0.3) is 0 Å². The van der Waals surface area contributed by atoms with Gasteiger partial charge < -0.3 is 15.3 Å². The molecule has 0 aromatic heterocycles. The van der Waals surface area contributed by atoms with E-state index in [4.69, 9.17) is 0 Å². The first kappa shape index (κ1) is 12.8. The minimum absolute atomic E-state index is 0.122. The maximum absolute atomic E-state index is 11.4. The number of aliphatic hydroxyl groups is 1. The zero-order valence-electron chi connectivity index (χ0n) is 10.7. The molecule has 2 N–H and O–H groups in total. The summed E-state index contributed by atoms with van der Waals surface area (Å²) in [6.45, 7) is 5.53. The molecule has 17 heavy (non-hydrogen) atoms. The molecule has 0 bridgehead atoms. The first-order valence-corrected chi connectivity index (χ1v) is 6.83. The van der Waals surface area contributed by atoms with E-state index in [1.807, 2.05) is 0 Å². The van der Waals surface area contributed by atoms with Crippen molar-refractivity contribution in [2.75, 3.05) is 26.2 Å². The highest BCUT2D eigenvalue weighted by molar-refractivity contribution is 5.80. The predicted molar refractivity (Wildman–Crippen MR) is 66.6 cm³/mol. The number of hydrogen-bond acceptors (Lipinski definition) is 3. The van der Waals surface area contributed by atoms with Gasteiger partial charge >= 0.3 is 0 Å². The zero-order chi connectivity index (χ0) is 12.3. The van der Waals surface area contributed by atoms with Gasteiger partial charge in [0.1, 0.15) is 0 Å². The molecule has 4 heteroatoms. The Morgan fingerprint density at radius 2 is 2.00 bits per heavy atom. The number of carbonyl (C=O) groups is 1. The first-order chi connectivity index (χ1) is 8.15. The maximum Gasteiger partial charge on any atom is 0.223 e. The molecule has 4 nitrogen and oxygen atoms in total. The number of likely N-dealkylation sites (tertiary alicyclic amines) is 1. The van der Waals surface area contributed by atoms with Crippen LogP contribution in [0.4, 0.5) is 0 Å². The van der Waals surface area contributed by atoms with Gasteiger partial charge in [0.2, 0.25) is 5.91 Å². The van der Waals surface area contributed by atoms with Gasteiger partial charge in [0.05, 0.1) is 6.10 Å². The number of amides is 1. The molecule has 1 saturated heterocycles. The molecule has 0 radical (unpaired) electrons. The fourth-order valence-electron chi connectivity index (χ4n) is 2.32. The highest BCUT2D eigenvalue weighted by Gasteiger charge is 2.29. The predicted octanol–water partition coefficient (Wildman–Crippen LogP) is 0.605. The third kappa shape index (κ3) is 4.28. The van der Waals surface area contributed by atoms with E-state index in [0.717, 1.165) is 31.8 Å². The molecule has 0 spiro atoms. The van der Waals surface area contributed by atoms with E-state index in [9.17, 15) is 9.90 Å². The molecule has 0 aromatic carbocycles. The van der Waals surface area contributed by atoms with E-state index < -0.39 is 6.10 Å².